The van der Waals surface area contributed by atoms with Crippen LogP contribution in [0.1, 0.15) is 42.9 Å². The molecule has 0 bridgehead atoms. The monoisotopic (exact) mass is 255 g/mol. The fourth-order valence-electron chi connectivity index (χ4n) is 3.30. The minimum atomic E-state index is -0.153. The summed E-state index contributed by atoms with van der Waals surface area (Å²) in [6, 6.07) is 9.29. The van der Waals surface area contributed by atoms with Crippen LogP contribution in [0, 0.1) is 11.3 Å². The summed E-state index contributed by atoms with van der Waals surface area (Å²) in [7, 11) is 2.13. The van der Waals surface area contributed by atoms with Gasteiger partial charge in [0, 0.05) is 25.3 Å². The zero-order chi connectivity index (χ0) is 13.2. The third-order valence-corrected chi connectivity index (χ3v) is 4.45. The molecule has 19 heavy (non-hydrogen) atoms. The SMILES string of the molecule is CN1CCc2cc(C(C#N)NC3CCCC3)ccc21. The summed E-state index contributed by atoms with van der Waals surface area (Å²) in [4.78, 5) is 2.28. The molecule has 1 unspecified atom stereocenters. The summed E-state index contributed by atoms with van der Waals surface area (Å²) < 4.78 is 0. The number of nitrogens with zero attached hydrogens (tertiary/aromatic N) is 2. The summed E-state index contributed by atoms with van der Waals surface area (Å²) in [6.07, 6.45) is 6.12. The normalized spacial score (nSPS) is 20.3. The molecular formula is C16H21N3. The Hall–Kier alpha value is -1.53. The Balaban J connectivity index is 1.78. The Morgan fingerprint density at radius 1 is 1.37 bits per heavy atom. The van der Waals surface area contributed by atoms with Gasteiger partial charge < -0.3 is 4.90 Å². The number of anilines is 1. The maximum atomic E-state index is 9.42. The molecule has 0 aromatic heterocycles. The number of benzene rings is 1. The second-order valence-corrected chi connectivity index (χ2v) is 5.77. The molecule has 1 N–H and O–H groups in total. The molecule has 3 heteroatoms. The first-order valence-electron chi connectivity index (χ1n) is 7.27. The van der Waals surface area contributed by atoms with E-state index in [1.54, 1.807) is 0 Å². The Labute approximate surface area is 115 Å². The molecule has 0 amide bonds. The van der Waals surface area contributed by atoms with Crippen LogP contribution < -0.4 is 10.2 Å². The molecule has 3 nitrogen and oxygen atoms in total. The molecule has 3 rings (SSSR count). The van der Waals surface area contributed by atoms with E-state index in [1.165, 1.54) is 36.9 Å². The van der Waals surface area contributed by atoms with Crippen molar-refractivity contribution in [3.8, 4) is 6.07 Å². The smallest absolute Gasteiger partial charge is 0.121 e. The van der Waals surface area contributed by atoms with Gasteiger partial charge in [0.15, 0.2) is 0 Å². The van der Waals surface area contributed by atoms with Crippen LogP contribution in [0.2, 0.25) is 0 Å². The summed E-state index contributed by atoms with van der Waals surface area (Å²) in [5, 5.41) is 12.9. The molecular weight excluding hydrogens is 234 g/mol. The molecule has 0 spiro atoms. The second kappa shape index (κ2) is 5.22. The number of fused-ring (bicyclic) bond motifs is 1. The highest BCUT2D eigenvalue weighted by atomic mass is 15.1. The standard InChI is InChI=1S/C16H21N3/c1-19-9-8-13-10-12(6-7-16(13)19)15(11-17)18-14-4-2-3-5-14/h6-7,10,14-15,18H,2-5,8-9H2,1H3. The van der Waals surface area contributed by atoms with Crippen molar-refractivity contribution < 1.29 is 0 Å². The Morgan fingerprint density at radius 2 is 2.16 bits per heavy atom. The van der Waals surface area contributed by atoms with Gasteiger partial charge in [0.2, 0.25) is 0 Å². The van der Waals surface area contributed by atoms with E-state index in [4.69, 9.17) is 0 Å². The quantitative estimate of drug-likeness (QED) is 0.902. The Bertz CT molecular complexity index is 497. The van der Waals surface area contributed by atoms with Gasteiger partial charge in [0.25, 0.3) is 0 Å². The summed E-state index contributed by atoms with van der Waals surface area (Å²) in [6.45, 7) is 1.09. The molecule has 1 aromatic rings. The van der Waals surface area contributed by atoms with Gasteiger partial charge in [-0.25, -0.2) is 0 Å². The van der Waals surface area contributed by atoms with Crippen molar-refractivity contribution in [1.29, 1.82) is 5.26 Å². The molecule has 1 saturated carbocycles. The van der Waals surface area contributed by atoms with E-state index < -0.39 is 0 Å². The lowest BCUT2D eigenvalue weighted by atomic mass is 10.0. The first-order chi connectivity index (χ1) is 9.28. The van der Waals surface area contributed by atoms with Crippen molar-refractivity contribution in [1.82, 2.24) is 5.32 Å². The Morgan fingerprint density at radius 3 is 2.89 bits per heavy atom. The topological polar surface area (TPSA) is 39.1 Å². The third kappa shape index (κ3) is 2.46. The number of likely N-dealkylation sites (N-methyl/N-ethyl adjacent to an activating group) is 1. The van der Waals surface area contributed by atoms with E-state index >= 15 is 0 Å². The molecule has 1 aromatic carbocycles. The zero-order valence-corrected chi connectivity index (χ0v) is 11.5. The molecule has 0 radical (unpaired) electrons. The molecule has 100 valence electrons. The first-order valence-corrected chi connectivity index (χ1v) is 7.27. The molecule has 1 aliphatic carbocycles. The molecule has 0 saturated heterocycles. The molecule has 1 aliphatic heterocycles. The summed E-state index contributed by atoms with van der Waals surface area (Å²) in [5.41, 5.74) is 3.83. The van der Waals surface area contributed by atoms with Gasteiger partial charge in [-0.05, 0) is 36.5 Å². The third-order valence-electron chi connectivity index (χ3n) is 4.45. The van der Waals surface area contributed by atoms with Crippen LogP contribution in [-0.4, -0.2) is 19.6 Å². The fraction of sp³-hybridized carbons (Fsp3) is 0.562. The molecule has 1 heterocycles. The minimum absolute atomic E-state index is 0.153. The van der Waals surface area contributed by atoms with Crippen LogP contribution in [0.5, 0.6) is 0 Å². The van der Waals surface area contributed by atoms with Crippen molar-refractivity contribution in [2.45, 2.75) is 44.2 Å². The van der Waals surface area contributed by atoms with Gasteiger partial charge in [0.1, 0.15) is 6.04 Å². The lowest BCUT2D eigenvalue weighted by Crippen LogP contribution is -2.29. The highest BCUT2D eigenvalue weighted by Gasteiger charge is 2.22. The average Bonchev–Trinajstić information content (AvgIpc) is 3.06. The predicted octanol–water partition coefficient (Wildman–Crippen LogP) is 2.78. The van der Waals surface area contributed by atoms with Gasteiger partial charge in [-0.3, -0.25) is 5.32 Å². The predicted molar refractivity (Wildman–Crippen MR) is 77.2 cm³/mol. The largest absolute Gasteiger partial charge is 0.374 e. The van der Waals surface area contributed by atoms with Crippen LogP contribution in [0.25, 0.3) is 0 Å². The molecule has 1 atom stereocenters. The van der Waals surface area contributed by atoms with Crippen molar-refractivity contribution in [2.24, 2.45) is 0 Å². The van der Waals surface area contributed by atoms with Gasteiger partial charge in [-0.2, -0.15) is 5.26 Å². The van der Waals surface area contributed by atoms with Gasteiger partial charge in [-0.15, -0.1) is 0 Å². The van der Waals surface area contributed by atoms with E-state index in [1.807, 2.05) is 0 Å². The van der Waals surface area contributed by atoms with Gasteiger partial charge >= 0.3 is 0 Å². The number of hydrogen-bond donors (Lipinski definition) is 1. The fourth-order valence-corrected chi connectivity index (χ4v) is 3.30. The van der Waals surface area contributed by atoms with Crippen molar-refractivity contribution in [2.75, 3.05) is 18.5 Å². The van der Waals surface area contributed by atoms with Crippen LogP contribution in [0.3, 0.4) is 0 Å². The van der Waals surface area contributed by atoms with Crippen molar-refractivity contribution in [3.63, 3.8) is 0 Å². The summed E-state index contributed by atoms with van der Waals surface area (Å²) >= 11 is 0. The second-order valence-electron chi connectivity index (χ2n) is 5.77. The van der Waals surface area contributed by atoms with E-state index in [9.17, 15) is 5.26 Å². The van der Waals surface area contributed by atoms with E-state index in [0.717, 1.165) is 18.5 Å². The maximum Gasteiger partial charge on any atom is 0.121 e. The van der Waals surface area contributed by atoms with E-state index in [2.05, 4.69) is 41.5 Å². The van der Waals surface area contributed by atoms with Crippen molar-refractivity contribution >= 4 is 5.69 Å². The number of rotatable bonds is 3. The van der Waals surface area contributed by atoms with Crippen LogP contribution in [0.4, 0.5) is 5.69 Å². The van der Waals surface area contributed by atoms with Crippen LogP contribution >= 0.6 is 0 Å². The number of hydrogen-bond acceptors (Lipinski definition) is 3. The molecule has 1 fully saturated rings. The van der Waals surface area contributed by atoms with E-state index in [0.29, 0.717) is 6.04 Å². The number of nitriles is 1. The lowest BCUT2D eigenvalue weighted by molar-refractivity contribution is 0.492. The minimum Gasteiger partial charge on any atom is -0.374 e. The Kier molecular flexibility index (Phi) is 3.44. The zero-order valence-electron chi connectivity index (χ0n) is 11.5. The molecule has 2 aliphatic rings. The van der Waals surface area contributed by atoms with Crippen LogP contribution in [0.15, 0.2) is 18.2 Å². The van der Waals surface area contributed by atoms with Gasteiger partial charge in [-0.1, -0.05) is 25.0 Å². The average molecular weight is 255 g/mol. The lowest BCUT2D eigenvalue weighted by Gasteiger charge is -2.18. The summed E-state index contributed by atoms with van der Waals surface area (Å²) in [5.74, 6) is 0. The van der Waals surface area contributed by atoms with Gasteiger partial charge in [0.05, 0.1) is 6.07 Å². The van der Waals surface area contributed by atoms with Crippen molar-refractivity contribution in [3.05, 3.63) is 29.3 Å². The maximum absolute atomic E-state index is 9.42. The van der Waals surface area contributed by atoms with E-state index in [-0.39, 0.29) is 6.04 Å². The van der Waals surface area contributed by atoms with Crippen LogP contribution in [-0.2, 0) is 6.42 Å². The first kappa shape index (κ1) is 12.5. The highest BCUT2D eigenvalue weighted by Crippen LogP contribution is 2.30. The highest BCUT2D eigenvalue weighted by molar-refractivity contribution is 5.59. The number of nitrogens with one attached hydrogen (secondary N) is 1.